The molecule has 2 heterocycles. The minimum absolute atomic E-state index is 0.115. The fraction of sp³-hybridized carbons (Fsp3) is 0.588. The molecule has 126 valence electrons. The lowest BCUT2D eigenvalue weighted by atomic mass is 9.79. The monoisotopic (exact) mass is 326 g/mol. The van der Waals surface area contributed by atoms with Gasteiger partial charge in [-0.15, -0.1) is 0 Å². The van der Waals surface area contributed by atoms with E-state index in [0.29, 0.717) is 13.1 Å². The van der Waals surface area contributed by atoms with Crippen molar-refractivity contribution in [2.45, 2.75) is 25.4 Å². The number of nitrogens with zero attached hydrogens (tertiary/aromatic N) is 2. The third-order valence-electron chi connectivity index (χ3n) is 5.01. The van der Waals surface area contributed by atoms with Crippen LogP contribution in [0.25, 0.3) is 0 Å². The van der Waals surface area contributed by atoms with Crippen molar-refractivity contribution in [1.29, 1.82) is 0 Å². The summed E-state index contributed by atoms with van der Waals surface area (Å²) in [4.78, 5) is 16.6. The molecular formula is C17H21F3N2O. The lowest BCUT2D eigenvalue weighted by Crippen LogP contribution is -2.43. The van der Waals surface area contributed by atoms with Crippen LogP contribution in [0.3, 0.4) is 0 Å². The van der Waals surface area contributed by atoms with Crippen molar-refractivity contribution in [2.75, 3.05) is 33.2 Å². The van der Waals surface area contributed by atoms with Gasteiger partial charge >= 0.3 is 6.18 Å². The first-order valence-electron chi connectivity index (χ1n) is 7.94. The number of carbonyl (C=O) groups is 1. The summed E-state index contributed by atoms with van der Waals surface area (Å²) in [6.07, 6.45) is -1.29. The van der Waals surface area contributed by atoms with Gasteiger partial charge in [-0.2, -0.15) is 13.2 Å². The summed E-state index contributed by atoms with van der Waals surface area (Å²) in [7, 11) is 2.08. The molecule has 2 fully saturated rings. The first-order valence-corrected chi connectivity index (χ1v) is 7.94. The highest BCUT2D eigenvalue weighted by Gasteiger charge is 2.42. The van der Waals surface area contributed by atoms with Gasteiger partial charge < -0.3 is 9.80 Å². The minimum Gasteiger partial charge on any atom is -0.338 e. The molecule has 2 aliphatic rings. The third-order valence-corrected chi connectivity index (χ3v) is 5.01. The zero-order valence-corrected chi connectivity index (χ0v) is 13.2. The van der Waals surface area contributed by atoms with Crippen molar-refractivity contribution >= 4 is 5.91 Å². The number of halogens is 3. The Labute approximate surface area is 134 Å². The quantitative estimate of drug-likeness (QED) is 0.791. The molecule has 0 bridgehead atoms. The maximum Gasteiger partial charge on any atom is 0.416 e. The normalized spacial score (nSPS) is 26.0. The van der Waals surface area contributed by atoms with Crippen LogP contribution < -0.4 is 0 Å². The lowest BCUT2D eigenvalue weighted by molar-refractivity contribution is -0.137. The second-order valence-corrected chi connectivity index (χ2v) is 6.90. The van der Waals surface area contributed by atoms with Gasteiger partial charge in [0.05, 0.1) is 5.56 Å². The van der Waals surface area contributed by atoms with Crippen LogP contribution in [0.2, 0.25) is 0 Å². The second kappa shape index (κ2) is 5.82. The van der Waals surface area contributed by atoms with E-state index in [1.807, 2.05) is 0 Å². The Kier molecular flexibility index (Phi) is 4.12. The summed E-state index contributed by atoms with van der Waals surface area (Å²) in [5.41, 5.74) is -0.527. The van der Waals surface area contributed by atoms with Crippen molar-refractivity contribution < 1.29 is 18.0 Å². The van der Waals surface area contributed by atoms with Gasteiger partial charge in [-0.1, -0.05) is 6.07 Å². The third kappa shape index (κ3) is 3.37. The van der Waals surface area contributed by atoms with E-state index in [4.69, 9.17) is 0 Å². The van der Waals surface area contributed by atoms with Crippen LogP contribution in [0.1, 0.15) is 35.2 Å². The Morgan fingerprint density at radius 2 is 1.96 bits per heavy atom. The van der Waals surface area contributed by atoms with Crippen LogP contribution in [0.4, 0.5) is 13.2 Å². The molecule has 0 unspecified atom stereocenters. The van der Waals surface area contributed by atoms with Crippen LogP contribution in [0.5, 0.6) is 0 Å². The maximum absolute atomic E-state index is 12.8. The van der Waals surface area contributed by atoms with E-state index in [0.717, 1.165) is 44.5 Å². The molecule has 3 rings (SSSR count). The summed E-state index contributed by atoms with van der Waals surface area (Å²) < 4.78 is 38.4. The van der Waals surface area contributed by atoms with Gasteiger partial charge in [0.1, 0.15) is 0 Å². The number of likely N-dealkylation sites (tertiary alicyclic amines) is 2. The first kappa shape index (κ1) is 16.3. The average molecular weight is 326 g/mol. The Morgan fingerprint density at radius 3 is 2.65 bits per heavy atom. The average Bonchev–Trinajstić information content (AvgIpc) is 2.89. The van der Waals surface area contributed by atoms with E-state index < -0.39 is 11.7 Å². The van der Waals surface area contributed by atoms with Gasteiger partial charge in [0, 0.05) is 30.6 Å². The van der Waals surface area contributed by atoms with Crippen LogP contribution in [-0.2, 0) is 6.18 Å². The number of carbonyl (C=O) groups excluding carboxylic acids is 1. The molecule has 1 atom stereocenters. The Bertz CT molecular complexity index is 602. The number of rotatable bonds is 1. The number of hydrogen-bond donors (Lipinski definition) is 0. The highest BCUT2D eigenvalue weighted by atomic mass is 19.4. The molecule has 0 aliphatic carbocycles. The van der Waals surface area contributed by atoms with Gasteiger partial charge in [0.2, 0.25) is 0 Å². The van der Waals surface area contributed by atoms with Crippen LogP contribution in [0, 0.1) is 5.41 Å². The smallest absolute Gasteiger partial charge is 0.338 e. The van der Waals surface area contributed by atoms with E-state index in [-0.39, 0.29) is 16.9 Å². The molecule has 0 N–H and O–H groups in total. The predicted octanol–water partition coefficient (Wildman–Crippen LogP) is 3.26. The number of amides is 1. The standard InChI is InChI=1S/C17H21F3N2O/c1-21-8-3-6-16(11-21)7-9-22(12-16)15(23)13-4-2-5-14(10-13)17(18,19)20/h2,4-5,10H,3,6-9,11-12H2,1H3/t16-/m0/s1. The summed E-state index contributed by atoms with van der Waals surface area (Å²) in [6.45, 7) is 3.30. The van der Waals surface area contributed by atoms with Gasteiger partial charge in [-0.25, -0.2) is 0 Å². The van der Waals surface area contributed by atoms with Crippen LogP contribution in [-0.4, -0.2) is 48.9 Å². The largest absolute Gasteiger partial charge is 0.416 e. The zero-order chi connectivity index (χ0) is 16.7. The topological polar surface area (TPSA) is 23.6 Å². The summed E-state index contributed by atoms with van der Waals surface area (Å²) in [5, 5.41) is 0. The van der Waals surface area contributed by atoms with Gasteiger partial charge in [0.25, 0.3) is 5.91 Å². The summed E-state index contributed by atoms with van der Waals surface area (Å²) in [5.74, 6) is -0.291. The molecule has 6 heteroatoms. The van der Waals surface area contributed by atoms with E-state index in [9.17, 15) is 18.0 Å². The van der Waals surface area contributed by atoms with Crippen molar-refractivity contribution in [3.63, 3.8) is 0 Å². The van der Waals surface area contributed by atoms with Crippen molar-refractivity contribution in [1.82, 2.24) is 9.80 Å². The van der Waals surface area contributed by atoms with Crippen LogP contribution >= 0.6 is 0 Å². The predicted molar refractivity (Wildman–Crippen MR) is 81.1 cm³/mol. The Hall–Kier alpha value is -1.56. The molecule has 1 aromatic carbocycles. The fourth-order valence-electron chi connectivity index (χ4n) is 3.91. The summed E-state index contributed by atoms with van der Waals surface area (Å²) in [6, 6.07) is 4.73. The number of alkyl halides is 3. The van der Waals surface area contributed by atoms with Gasteiger partial charge in [-0.05, 0) is 51.1 Å². The second-order valence-electron chi connectivity index (χ2n) is 6.90. The number of hydrogen-bond acceptors (Lipinski definition) is 2. The molecule has 2 aliphatic heterocycles. The number of benzene rings is 1. The van der Waals surface area contributed by atoms with Crippen molar-refractivity contribution in [2.24, 2.45) is 5.41 Å². The van der Waals surface area contributed by atoms with E-state index in [2.05, 4.69) is 11.9 Å². The van der Waals surface area contributed by atoms with E-state index in [1.165, 1.54) is 12.1 Å². The zero-order valence-electron chi connectivity index (χ0n) is 13.2. The lowest BCUT2D eigenvalue weighted by Gasteiger charge is -2.38. The molecule has 0 radical (unpaired) electrons. The van der Waals surface area contributed by atoms with E-state index >= 15 is 0 Å². The molecule has 1 spiro atoms. The highest BCUT2D eigenvalue weighted by molar-refractivity contribution is 5.94. The molecular weight excluding hydrogens is 305 g/mol. The Balaban J connectivity index is 1.75. The molecule has 23 heavy (non-hydrogen) atoms. The van der Waals surface area contributed by atoms with Crippen LogP contribution in [0.15, 0.2) is 24.3 Å². The number of piperidine rings is 1. The van der Waals surface area contributed by atoms with E-state index in [1.54, 1.807) is 4.90 Å². The molecule has 3 nitrogen and oxygen atoms in total. The molecule has 0 saturated carbocycles. The summed E-state index contributed by atoms with van der Waals surface area (Å²) >= 11 is 0. The minimum atomic E-state index is -4.42. The Morgan fingerprint density at radius 1 is 1.17 bits per heavy atom. The maximum atomic E-state index is 12.8. The molecule has 1 aromatic rings. The highest BCUT2D eigenvalue weighted by Crippen LogP contribution is 2.39. The van der Waals surface area contributed by atoms with Gasteiger partial charge in [-0.3, -0.25) is 4.79 Å². The molecule has 2 saturated heterocycles. The molecule has 1 amide bonds. The fourth-order valence-corrected chi connectivity index (χ4v) is 3.91. The molecule has 0 aromatic heterocycles. The van der Waals surface area contributed by atoms with Crippen molar-refractivity contribution in [3.05, 3.63) is 35.4 Å². The SMILES string of the molecule is CN1CCC[C@]2(CCN(C(=O)c3cccc(C(F)(F)F)c3)C2)C1. The van der Waals surface area contributed by atoms with Crippen molar-refractivity contribution in [3.8, 4) is 0 Å². The van der Waals surface area contributed by atoms with Gasteiger partial charge in [0.15, 0.2) is 0 Å². The first-order chi connectivity index (χ1) is 10.8.